The Labute approximate surface area is 116 Å². The molecule has 2 heterocycles. The average molecular weight is 272 g/mol. The Morgan fingerprint density at radius 3 is 2.55 bits per heavy atom. The van der Waals surface area contributed by atoms with Crippen LogP contribution in [0.2, 0.25) is 0 Å². The van der Waals surface area contributed by atoms with E-state index in [1.54, 1.807) is 18.3 Å². The number of hydrogen-bond acceptors (Lipinski definition) is 4. The Kier molecular flexibility index (Phi) is 3.47. The number of aromatic amines is 1. The van der Waals surface area contributed by atoms with E-state index >= 15 is 0 Å². The first-order chi connectivity index (χ1) is 9.74. The van der Waals surface area contributed by atoms with Gasteiger partial charge in [-0.15, -0.1) is 0 Å². The molecule has 1 aliphatic rings. The van der Waals surface area contributed by atoms with Gasteiger partial charge in [-0.3, -0.25) is 10.1 Å². The van der Waals surface area contributed by atoms with Crippen molar-refractivity contribution in [3.8, 4) is 11.3 Å². The van der Waals surface area contributed by atoms with Gasteiger partial charge in [-0.1, -0.05) is 0 Å². The van der Waals surface area contributed by atoms with E-state index in [0.717, 1.165) is 43.0 Å². The highest BCUT2D eigenvalue weighted by atomic mass is 16.6. The molecule has 0 amide bonds. The molecule has 0 unspecified atom stereocenters. The average Bonchev–Trinajstić information content (AvgIpc) is 2.98. The Bertz CT molecular complexity index is 600. The molecule has 1 fully saturated rings. The lowest BCUT2D eigenvalue weighted by atomic mass is 9.98. The van der Waals surface area contributed by atoms with Crippen LogP contribution < -0.4 is 5.32 Å². The molecule has 2 N–H and O–H groups in total. The van der Waals surface area contributed by atoms with E-state index in [9.17, 15) is 10.1 Å². The zero-order chi connectivity index (χ0) is 13.9. The first-order valence-corrected chi connectivity index (χ1v) is 6.74. The quantitative estimate of drug-likeness (QED) is 0.664. The molecule has 20 heavy (non-hydrogen) atoms. The van der Waals surface area contributed by atoms with Gasteiger partial charge < -0.3 is 10.3 Å². The maximum absolute atomic E-state index is 10.6. The van der Waals surface area contributed by atoms with E-state index in [1.807, 2.05) is 0 Å². The molecule has 0 aliphatic carbocycles. The lowest BCUT2D eigenvalue weighted by Crippen LogP contribution is -2.27. The Morgan fingerprint density at radius 2 is 1.90 bits per heavy atom. The van der Waals surface area contributed by atoms with Gasteiger partial charge in [0.25, 0.3) is 5.69 Å². The number of H-pyrrole nitrogens is 1. The summed E-state index contributed by atoms with van der Waals surface area (Å²) in [6.07, 6.45) is 3.99. The number of nitrogens with zero attached hydrogens (tertiary/aromatic N) is 2. The number of nitrogens with one attached hydrogen (secondary N) is 2. The van der Waals surface area contributed by atoms with Crippen LogP contribution in [0.1, 0.15) is 24.6 Å². The van der Waals surface area contributed by atoms with Crippen LogP contribution in [0.4, 0.5) is 5.69 Å². The predicted octanol–water partition coefficient (Wildman–Crippen LogP) is 2.45. The van der Waals surface area contributed by atoms with Gasteiger partial charge in [0.15, 0.2) is 0 Å². The Balaban J connectivity index is 1.80. The summed E-state index contributed by atoms with van der Waals surface area (Å²) >= 11 is 0. The Morgan fingerprint density at radius 1 is 1.20 bits per heavy atom. The summed E-state index contributed by atoms with van der Waals surface area (Å²) in [4.78, 5) is 18.0. The molecule has 1 saturated heterocycles. The molecule has 6 heteroatoms. The van der Waals surface area contributed by atoms with E-state index in [4.69, 9.17) is 0 Å². The van der Waals surface area contributed by atoms with Crippen LogP contribution in [0, 0.1) is 10.1 Å². The number of imidazole rings is 1. The number of benzene rings is 1. The van der Waals surface area contributed by atoms with Crippen molar-refractivity contribution in [3.63, 3.8) is 0 Å². The molecule has 1 aliphatic heterocycles. The van der Waals surface area contributed by atoms with Gasteiger partial charge in [0.2, 0.25) is 0 Å². The summed E-state index contributed by atoms with van der Waals surface area (Å²) < 4.78 is 0. The third-order valence-corrected chi connectivity index (χ3v) is 3.71. The fourth-order valence-corrected chi connectivity index (χ4v) is 2.55. The molecule has 0 radical (unpaired) electrons. The standard InChI is InChI=1S/C14H16N4O2/c19-18(20)12-3-1-10(2-4-12)13-9-16-14(17-13)11-5-7-15-8-6-11/h1-4,9,11,15H,5-8H2,(H,16,17). The zero-order valence-corrected chi connectivity index (χ0v) is 11.0. The van der Waals surface area contributed by atoms with Crippen LogP contribution >= 0.6 is 0 Å². The molecule has 0 bridgehead atoms. The van der Waals surface area contributed by atoms with Gasteiger partial charge in [0, 0.05) is 23.6 Å². The lowest BCUT2D eigenvalue weighted by molar-refractivity contribution is -0.384. The molecule has 3 rings (SSSR count). The molecule has 104 valence electrons. The highest BCUT2D eigenvalue weighted by Gasteiger charge is 2.18. The normalized spacial score (nSPS) is 16.2. The molecule has 0 saturated carbocycles. The van der Waals surface area contributed by atoms with Crippen LogP contribution in [0.5, 0.6) is 0 Å². The summed E-state index contributed by atoms with van der Waals surface area (Å²) in [5.74, 6) is 1.49. The monoisotopic (exact) mass is 272 g/mol. The SMILES string of the molecule is O=[N+]([O-])c1ccc(-c2cnc(C3CCNCC3)[nH]2)cc1. The van der Waals surface area contributed by atoms with Crippen molar-refractivity contribution in [2.24, 2.45) is 0 Å². The van der Waals surface area contributed by atoms with E-state index in [2.05, 4.69) is 15.3 Å². The molecule has 1 aromatic heterocycles. The van der Waals surface area contributed by atoms with Crippen molar-refractivity contribution in [2.75, 3.05) is 13.1 Å². The van der Waals surface area contributed by atoms with Crippen molar-refractivity contribution in [3.05, 3.63) is 46.4 Å². The largest absolute Gasteiger partial charge is 0.342 e. The zero-order valence-electron chi connectivity index (χ0n) is 11.0. The minimum absolute atomic E-state index is 0.104. The first kappa shape index (κ1) is 12.8. The number of rotatable bonds is 3. The summed E-state index contributed by atoms with van der Waals surface area (Å²) in [5.41, 5.74) is 1.93. The van der Waals surface area contributed by atoms with Crippen molar-refractivity contribution in [2.45, 2.75) is 18.8 Å². The van der Waals surface area contributed by atoms with Gasteiger partial charge in [0.05, 0.1) is 16.8 Å². The van der Waals surface area contributed by atoms with Gasteiger partial charge in [-0.25, -0.2) is 4.98 Å². The van der Waals surface area contributed by atoms with Crippen LogP contribution in [-0.2, 0) is 0 Å². The maximum Gasteiger partial charge on any atom is 0.269 e. The number of piperidine rings is 1. The van der Waals surface area contributed by atoms with Crippen molar-refractivity contribution >= 4 is 5.69 Å². The van der Waals surface area contributed by atoms with Gasteiger partial charge in [-0.2, -0.15) is 0 Å². The fourth-order valence-electron chi connectivity index (χ4n) is 2.55. The van der Waals surface area contributed by atoms with E-state index in [-0.39, 0.29) is 5.69 Å². The van der Waals surface area contributed by atoms with Crippen LogP contribution in [0.25, 0.3) is 11.3 Å². The number of hydrogen-bond donors (Lipinski definition) is 2. The highest BCUT2D eigenvalue weighted by Crippen LogP contribution is 2.26. The molecule has 6 nitrogen and oxygen atoms in total. The fraction of sp³-hybridized carbons (Fsp3) is 0.357. The molecule has 1 aromatic carbocycles. The molecular weight excluding hydrogens is 256 g/mol. The maximum atomic E-state index is 10.6. The van der Waals surface area contributed by atoms with Crippen LogP contribution in [-0.4, -0.2) is 28.0 Å². The van der Waals surface area contributed by atoms with Crippen molar-refractivity contribution in [1.82, 2.24) is 15.3 Å². The minimum atomic E-state index is -0.392. The first-order valence-electron chi connectivity index (χ1n) is 6.74. The summed E-state index contributed by atoms with van der Waals surface area (Å²) in [7, 11) is 0. The summed E-state index contributed by atoms with van der Waals surface area (Å²) in [6, 6.07) is 6.52. The third-order valence-electron chi connectivity index (χ3n) is 3.71. The molecule has 2 aromatic rings. The minimum Gasteiger partial charge on any atom is -0.342 e. The smallest absolute Gasteiger partial charge is 0.269 e. The van der Waals surface area contributed by atoms with Gasteiger partial charge in [0.1, 0.15) is 5.82 Å². The molecular formula is C14H16N4O2. The lowest BCUT2D eigenvalue weighted by Gasteiger charge is -2.20. The number of non-ortho nitro benzene ring substituents is 1. The Hall–Kier alpha value is -2.21. The third kappa shape index (κ3) is 2.55. The van der Waals surface area contributed by atoms with E-state index < -0.39 is 4.92 Å². The molecule has 0 atom stereocenters. The number of aromatic nitrogens is 2. The summed E-state index contributed by atoms with van der Waals surface area (Å²) in [5, 5.41) is 14.0. The van der Waals surface area contributed by atoms with Crippen molar-refractivity contribution < 1.29 is 4.92 Å². The molecule has 0 spiro atoms. The number of nitro groups is 1. The van der Waals surface area contributed by atoms with Gasteiger partial charge >= 0.3 is 0 Å². The van der Waals surface area contributed by atoms with Crippen molar-refractivity contribution in [1.29, 1.82) is 0 Å². The second kappa shape index (κ2) is 5.42. The van der Waals surface area contributed by atoms with Crippen LogP contribution in [0.15, 0.2) is 30.5 Å². The van der Waals surface area contributed by atoms with Gasteiger partial charge in [-0.05, 0) is 38.1 Å². The second-order valence-electron chi connectivity index (χ2n) is 5.01. The summed E-state index contributed by atoms with van der Waals surface area (Å²) in [6.45, 7) is 2.05. The van der Waals surface area contributed by atoms with Crippen LogP contribution in [0.3, 0.4) is 0 Å². The van der Waals surface area contributed by atoms with E-state index in [0.29, 0.717) is 5.92 Å². The topological polar surface area (TPSA) is 83.8 Å². The predicted molar refractivity (Wildman–Crippen MR) is 75.5 cm³/mol. The number of nitro benzene ring substituents is 1. The highest BCUT2D eigenvalue weighted by molar-refractivity contribution is 5.60. The second-order valence-corrected chi connectivity index (χ2v) is 5.01. The van der Waals surface area contributed by atoms with E-state index in [1.165, 1.54) is 12.1 Å².